The van der Waals surface area contributed by atoms with Gasteiger partial charge in [-0.1, -0.05) is 23.7 Å². The highest BCUT2D eigenvalue weighted by Gasteiger charge is 2.33. The highest BCUT2D eigenvalue weighted by molar-refractivity contribution is 7.18. The molecule has 0 radical (unpaired) electrons. The van der Waals surface area contributed by atoms with Crippen LogP contribution in [0.3, 0.4) is 0 Å². The first-order chi connectivity index (χ1) is 18.0. The maximum Gasteiger partial charge on any atom is 0.261 e. The topological polar surface area (TPSA) is 122 Å². The number of imidazole rings is 1. The van der Waals surface area contributed by atoms with E-state index in [-0.39, 0.29) is 18.0 Å². The van der Waals surface area contributed by atoms with Crippen LogP contribution in [0, 0.1) is 5.82 Å². The van der Waals surface area contributed by atoms with Crippen molar-refractivity contribution >= 4 is 39.9 Å². The fraction of sp³-hybridized carbons (Fsp3) is 0.240. The van der Waals surface area contributed by atoms with Crippen molar-refractivity contribution in [3.05, 3.63) is 70.0 Å². The fourth-order valence-corrected chi connectivity index (χ4v) is 5.88. The Bertz CT molecular complexity index is 1590. The molecular weight excluding hydrogens is 517 g/mol. The van der Waals surface area contributed by atoms with Gasteiger partial charge in [-0.2, -0.15) is 5.10 Å². The molecular formula is C25H21ClFN7O2S. The lowest BCUT2D eigenvalue weighted by molar-refractivity contribution is 0.0749. The second kappa shape index (κ2) is 9.66. The number of aromatic amines is 1. The minimum Gasteiger partial charge on any atom is -0.393 e. The Kier molecular flexibility index (Phi) is 6.19. The van der Waals surface area contributed by atoms with Gasteiger partial charge in [-0.3, -0.25) is 14.9 Å². The number of aliphatic hydroxyl groups is 1. The Labute approximate surface area is 219 Å². The van der Waals surface area contributed by atoms with Gasteiger partial charge in [0, 0.05) is 12.1 Å². The molecule has 0 aliphatic heterocycles. The second-order valence-electron chi connectivity index (χ2n) is 8.96. The predicted octanol–water partition coefficient (Wildman–Crippen LogP) is 4.62. The van der Waals surface area contributed by atoms with Crippen molar-refractivity contribution in [1.29, 1.82) is 0 Å². The summed E-state index contributed by atoms with van der Waals surface area (Å²) in [5.41, 5.74) is 2.16. The summed E-state index contributed by atoms with van der Waals surface area (Å²) in [6, 6.07) is 11.0. The molecule has 1 aliphatic rings. The van der Waals surface area contributed by atoms with E-state index in [1.807, 2.05) is 10.6 Å². The lowest BCUT2D eigenvalue weighted by Gasteiger charge is -2.34. The summed E-state index contributed by atoms with van der Waals surface area (Å²) in [5, 5.41) is 20.6. The summed E-state index contributed by atoms with van der Waals surface area (Å²) >= 11 is 7.20. The molecule has 37 heavy (non-hydrogen) atoms. The number of nitrogens with zero attached hydrogens (tertiary/aromatic N) is 5. The van der Waals surface area contributed by atoms with Gasteiger partial charge in [0.25, 0.3) is 5.91 Å². The quantitative estimate of drug-likeness (QED) is 0.301. The summed E-state index contributed by atoms with van der Waals surface area (Å²) < 4.78 is 17.4. The minimum absolute atomic E-state index is 0.240. The number of carbonyl (C=O) groups excluding carboxylic acids is 1. The third-order valence-corrected chi connectivity index (χ3v) is 7.72. The molecule has 1 aliphatic carbocycles. The normalized spacial score (nSPS) is 19.8. The molecule has 1 aromatic carbocycles. The number of rotatable bonds is 5. The zero-order valence-corrected chi connectivity index (χ0v) is 20.9. The Morgan fingerprint density at radius 1 is 1.19 bits per heavy atom. The fourth-order valence-electron chi connectivity index (χ4n) is 4.94. The molecule has 9 nitrogen and oxygen atoms in total. The molecule has 1 amide bonds. The van der Waals surface area contributed by atoms with Crippen molar-refractivity contribution in [3.8, 4) is 22.9 Å². The van der Waals surface area contributed by atoms with E-state index in [4.69, 9.17) is 16.6 Å². The zero-order chi connectivity index (χ0) is 25.5. The SMILES string of the molecule is O=C(N[C@H]1C[C@H](O)C[C@@H](n2c(-c3ccccc3F)nc3cnc(-c4nc[nH]n4)cc32)C1)c1ccc(Cl)s1. The third-order valence-electron chi connectivity index (χ3n) is 6.49. The molecule has 0 bridgehead atoms. The smallest absolute Gasteiger partial charge is 0.261 e. The van der Waals surface area contributed by atoms with Gasteiger partial charge in [-0.25, -0.2) is 14.4 Å². The molecule has 0 saturated heterocycles. The highest BCUT2D eigenvalue weighted by Crippen LogP contribution is 2.37. The number of fused-ring (bicyclic) bond motifs is 1. The van der Waals surface area contributed by atoms with Gasteiger partial charge in [-0.05, 0) is 49.6 Å². The number of hydrogen-bond donors (Lipinski definition) is 3. The zero-order valence-electron chi connectivity index (χ0n) is 19.3. The summed E-state index contributed by atoms with van der Waals surface area (Å²) in [7, 11) is 0. The van der Waals surface area contributed by atoms with Crippen LogP contribution in [-0.4, -0.2) is 52.9 Å². The maximum atomic E-state index is 15.0. The molecule has 6 rings (SSSR count). The number of nitrogens with one attached hydrogen (secondary N) is 2. The molecule has 0 spiro atoms. The number of aromatic nitrogens is 6. The van der Waals surface area contributed by atoms with Crippen LogP contribution in [0.4, 0.5) is 4.39 Å². The van der Waals surface area contributed by atoms with Crippen LogP contribution >= 0.6 is 22.9 Å². The predicted molar refractivity (Wildman–Crippen MR) is 138 cm³/mol. The minimum atomic E-state index is -0.670. The first kappa shape index (κ1) is 23.7. The van der Waals surface area contributed by atoms with Crippen molar-refractivity contribution in [3.63, 3.8) is 0 Å². The van der Waals surface area contributed by atoms with Gasteiger partial charge in [0.1, 0.15) is 29.2 Å². The van der Waals surface area contributed by atoms with Gasteiger partial charge in [0.2, 0.25) is 0 Å². The van der Waals surface area contributed by atoms with Crippen LogP contribution in [0.15, 0.2) is 55.0 Å². The summed E-state index contributed by atoms with van der Waals surface area (Å²) in [4.78, 5) is 26.7. The first-order valence-electron chi connectivity index (χ1n) is 11.7. The van der Waals surface area contributed by atoms with E-state index in [9.17, 15) is 14.3 Å². The molecule has 3 N–H and O–H groups in total. The van der Waals surface area contributed by atoms with Crippen LogP contribution in [-0.2, 0) is 0 Å². The molecule has 1 saturated carbocycles. The average molecular weight is 538 g/mol. The number of pyridine rings is 1. The van der Waals surface area contributed by atoms with Crippen molar-refractivity contribution in [1.82, 2.24) is 35.0 Å². The van der Waals surface area contributed by atoms with Crippen LogP contribution < -0.4 is 5.32 Å². The Morgan fingerprint density at radius 2 is 2.05 bits per heavy atom. The van der Waals surface area contributed by atoms with Crippen molar-refractivity contribution in [2.24, 2.45) is 0 Å². The van der Waals surface area contributed by atoms with Crippen molar-refractivity contribution in [2.45, 2.75) is 37.5 Å². The number of thiophene rings is 1. The van der Waals surface area contributed by atoms with Gasteiger partial charge in [-0.15, -0.1) is 11.3 Å². The van der Waals surface area contributed by atoms with Gasteiger partial charge >= 0.3 is 0 Å². The van der Waals surface area contributed by atoms with E-state index in [0.717, 1.165) is 0 Å². The Balaban J connectivity index is 1.42. The lowest BCUT2D eigenvalue weighted by atomic mass is 9.88. The standard InChI is InChI=1S/C25H21ClFN7O2S/c26-22-6-5-21(37-22)25(36)31-13-7-14(9-15(35)8-13)34-20-10-18(23-29-12-30-33-23)28-11-19(20)32-24(34)16-3-1-2-4-17(16)27/h1-6,10-15,35H,7-9H2,(H,31,36)(H,29,30,33)/t13-,14+,15+/m1/s1. The van der Waals surface area contributed by atoms with Crippen molar-refractivity contribution in [2.75, 3.05) is 0 Å². The molecule has 5 aromatic rings. The number of halogens is 2. The van der Waals surface area contributed by atoms with Crippen LogP contribution in [0.5, 0.6) is 0 Å². The monoisotopic (exact) mass is 537 g/mol. The highest BCUT2D eigenvalue weighted by atomic mass is 35.5. The molecule has 4 heterocycles. The third kappa shape index (κ3) is 4.61. The van der Waals surface area contributed by atoms with Crippen molar-refractivity contribution < 1.29 is 14.3 Å². The van der Waals surface area contributed by atoms with E-state index < -0.39 is 11.9 Å². The Hall–Kier alpha value is -3.67. The van der Waals surface area contributed by atoms with E-state index in [2.05, 4.69) is 25.5 Å². The number of carbonyl (C=O) groups is 1. The molecule has 1 fully saturated rings. The molecule has 0 unspecified atom stereocenters. The summed E-state index contributed by atoms with van der Waals surface area (Å²) in [5.74, 6) is 0.203. The van der Waals surface area contributed by atoms with Crippen LogP contribution in [0.25, 0.3) is 33.9 Å². The van der Waals surface area contributed by atoms with Gasteiger partial charge in [0.05, 0.1) is 32.6 Å². The first-order valence-corrected chi connectivity index (χ1v) is 12.9. The number of aliphatic hydroxyl groups excluding tert-OH is 1. The van der Waals surface area contributed by atoms with Gasteiger partial charge < -0.3 is 15.0 Å². The van der Waals surface area contributed by atoms with Crippen LogP contribution in [0.1, 0.15) is 35.0 Å². The number of hydrogen-bond acceptors (Lipinski definition) is 7. The number of amides is 1. The van der Waals surface area contributed by atoms with E-state index in [0.29, 0.717) is 62.4 Å². The van der Waals surface area contributed by atoms with E-state index in [1.165, 1.54) is 23.7 Å². The number of benzene rings is 1. The number of H-pyrrole nitrogens is 1. The summed E-state index contributed by atoms with van der Waals surface area (Å²) in [6.45, 7) is 0. The Morgan fingerprint density at radius 3 is 2.81 bits per heavy atom. The maximum absolute atomic E-state index is 15.0. The molecule has 3 atom stereocenters. The average Bonchev–Trinajstić information content (AvgIpc) is 3.63. The van der Waals surface area contributed by atoms with Crippen LogP contribution in [0.2, 0.25) is 4.34 Å². The van der Waals surface area contributed by atoms with E-state index in [1.54, 1.807) is 36.5 Å². The second-order valence-corrected chi connectivity index (χ2v) is 10.7. The molecule has 12 heteroatoms. The molecule has 188 valence electrons. The van der Waals surface area contributed by atoms with Gasteiger partial charge in [0.15, 0.2) is 5.82 Å². The lowest BCUT2D eigenvalue weighted by Crippen LogP contribution is -2.42. The summed E-state index contributed by atoms with van der Waals surface area (Å²) in [6.07, 6.45) is 3.76. The van der Waals surface area contributed by atoms with E-state index >= 15 is 0 Å². The largest absolute Gasteiger partial charge is 0.393 e. The molecule has 4 aromatic heterocycles.